The topological polar surface area (TPSA) is 118 Å². The normalized spacial score (nSPS) is 14.2. The number of amides is 1. The fourth-order valence-electron chi connectivity index (χ4n) is 3.98. The molecule has 3 heterocycles. The maximum atomic E-state index is 11.8. The second kappa shape index (κ2) is 12.8. The Hall–Kier alpha value is -3.86. The number of pyridine rings is 1. The number of benzene rings is 3. The van der Waals surface area contributed by atoms with E-state index in [1.165, 1.54) is 0 Å². The molecule has 0 saturated heterocycles. The fraction of sp³-hybridized carbons (Fsp3) is 0.0714. The molecule has 0 aliphatic carbocycles. The van der Waals surface area contributed by atoms with Crippen LogP contribution in [0.15, 0.2) is 90.2 Å². The molecular formula is C28H19Cl4N7O2. The Kier molecular flexibility index (Phi) is 8.92. The molecule has 41 heavy (non-hydrogen) atoms. The number of halogens is 4. The minimum atomic E-state index is -1.50. The third-order valence-corrected chi connectivity index (χ3v) is 7.27. The Morgan fingerprint density at radius 2 is 1.66 bits per heavy atom. The van der Waals surface area contributed by atoms with Crippen LogP contribution in [0.2, 0.25) is 20.1 Å². The van der Waals surface area contributed by atoms with Gasteiger partial charge in [0.05, 0.1) is 28.0 Å². The van der Waals surface area contributed by atoms with Gasteiger partial charge in [-0.2, -0.15) is 0 Å². The van der Waals surface area contributed by atoms with Gasteiger partial charge in [0, 0.05) is 39.1 Å². The van der Waals surface area contributed by atoms with Gasteiger partial charge < -0.3 is 10.4 Å². The van der Waals surface area contributed by atoms with E-state index >= 15 is 0 Å². The Labute approximate surface area is 254 Å². The number of carbonyl (C=O) groups excluding carboxylic acids is 1. The molecule has 2 aromatic heterocycles. The molecule has 6 rings (SSSR count). The van der Waals surface area contributed by atoms with Crippen molar-refractivity contribution in [2.75, 3.05) is 5.32 Å². The maximum absolute atomic E-state index is 11.8. The predicted octanol–water partition coefficient (Wildman–Crippen LogP) is 6.19. The smallest absolute Gasteiger partial charge is 0.276 e. The number of carbonyl (C=O) groups is 1. The maximum Gasteiger partial charge on any atom is 0.276 e. The van der Waals surface area contributed by atoms with E-state index in [9.17, 15) is 9.90 Å². The van der Waals surface area contributed by atoms with Crippen LogP contribution >= 0.6 is 46.4 Å². The number of aromatic nitrogens is 5. The number of hydrogen-bond acceptors (Lipinski definition) is 7. The van der Waals surface area contributed by atoms with E-state index < -0.39 is 12.1 Å². The second-order valence-corrected chi connectivity index (χ2v) is 10.3. The summed E-state index contributed by atoms with van der Waals surface area (Å²) in [5.74, 6) is -0.0259. The molecule has 13 heteroatoms. The minimum absolute atomic E-state index is 0.420. The van der Waals surface area contributed by atoms with Gasteiger partial charge in [-0.25, -0.2) is 9.67 Å². The lowest BCUT2D eigenvalue weighted by molar-refractivity contribution is -0.123. The van der Waals surface area contributed by atoms with Crippen molar-refractivity contribution in [1.29, 1.82) is 0 Å². The molecule has 0 radical (unpaired) electrons. The molecule has 0 fully saturated rings. The Balaban J connectivity index is 0.000000165. The predicted molar refractivity (Wildman–Crippen MR) is 160 cm³/mol. The van der Waals surface area contributed by atoms with E-state index in [1.54, 1.807) is 65.6 Å². The zero-order chi connectivity index (χ0) is 28.9. The van der Waals surface area contributed by atoms with E-state index in [0.29, 0.717) is 60.5 Å². The quantitative estimate of drug-likeness (QED) is 0.245. The number of aliphatic hydroxyl groups is 1. The van der Waals surface area contributed by atoms with Crippen molar-refractivity contribution in [3.63, 3.8) is 0 Å². The number of fused-ring (bicyclic) bond motifs is 1. The molecule has 1 aliphatic rings. The van der Waals surface area contributed by atoms with E-state index in [0.717, 1.165) is 5.56 Å². The molecule has 0 spiro atoms. The highest BCUT2D eigenvalue weighted by Crippen LogP contribution is 2.32. The largest absolute Gasteiger partial charge is 0.364 e. The second-order valence-electron chi connectivity index (χ2n) is 8.63. The van der Waals surface area contributed by atoms with Crippen molar-refractivity contribution < 1.29 is 9.90 Å². The number of rotatable bonds is 4. The first-order chi connectivity index (χ1) is 19.8. The van der Waals surface area contributed by atoms with Gasteiger partial charge >= 0.3 is 0 Å². The molecule has 206 valence electrons. The summed E-state index contributed by atoms with van der Waals surface area (Å²) < 4.78 is 1.66. The average molecular weight is 627 g/mol. The first-order valence-corrected chi connectivity index (χ1v) is 13.5. The van der Waals surface area contributed by atoms with Gasteiger partial charge in [-0.15, -0.1) is 5.10 Å². The van der Waals surface area contributed by atoms with Crippen molar-refractivity contribution in [3.8, 4) is 11.4 Å². The average Bonchev–Trinajstić information content (AvgIpc) is 3.38. The van der Waals surface area contributed by atoms with E-state index in [2.05, 4.69) is 30.8 Å². The molecule has 0 saturated carbocycles. The third kappa shape index (κ3) is 6.56. The zero-order valence-electron chi connectivity index (χ0n) is 20.9. The van der Waals surface area contributed by atoms with Gasteiger partial charge in [-0.3, -0.25) is 9.78 Å². The lowest BCUT2D eigenvalue weighted by Crippen LogP contribution is -2.24. The van der Waals surface area contributed by atoms with Crippen LogP contribution in [0, 0.1) is 0 Å². The summed E-state index contributed by atoms with van der Waals surface area (Å²) >= 11 is 24.5. The SMILES string of the molecule is Clc1cccc(-c2nnnn2Cc2cccnc2)c1Cl.O=C1Nc2ccc(Cl)cc2C(c2ccccc2Cl)=NC1O. The first-order valence-electron chi connectivity index (χ1n) is 12.0. The lowest BCUT2D eigenvalue weighted by Gasteiger charge is -2.11. The fourth-order valence-corrected chi connectivity index (χ4v) is 4.76. The minimum Gasteiger partial charge on any atom is -0.364 e. The number of aliphatic imine (C=N–C) groups is 1. The Morgan fingerprint density at radius 1 is 0.878 bits per heavy atom. The van der Waals surface area contributed by atoms with Crippen LogP contribution in [0.4, 0.5) is 5.69 Å². The number of hydrogen-bond donors (Lipinski definition) is 2. The molecule has 1 atom stereocenters. The van der Waals surface area contributed by atoms with Gasteiger partial charge in [-0.05, 0) is 58.5 Å². The molecule has 0 bridgehead atoms. The van der Waals surface area contributed by atoms with Crippen LogP contribution in [0.25, 0.3) is 11.4 Å². The molecule has 5 aromatic rings. The Morgan fingerprint density at radius 3 is 2.44 bits per heavy atom. The van der Waals surface area contributed by atoms with E-state index in [-0.39, 0.29) is 0 Å². The summed E-state index contributed by atoms with van der Waals surface area (Å²) in [6.07, 6.45) is 1.99. The van der Waals surface area contributed by atoms with Crippen LogP contribution in [0.1, 0.15) is 16.7 Å². The van der Waals surface area contributed by atoms with Gasteiger partial charge in [0.15, 0.2) is 5.82 Å². The van der Waals surface area contributed by atoms with E-state index in [4.69, 9.17) is 46.4 Å². The number of anilines is 1. The van der Waals surface area contributed by atoms with Gasteiger partial charge in [-0.1, -0.05) is 76.7 Å². The lowest BCUT2D eigenvalue weighted by atomic mass is 10.0. The number of benzodiazepines with no additional fused rings is 1. The van der Waals surface area contributed by atoms with Crippen LogP contribution in [0.3, 0.4) is 0 Å². The van der Waals surface area contributed by atoms with Crippen molar-refractivity contribution in [2.45, 2.75) is 12.8 Å². The van der Waals surface area contributed by atoms with Crippen LogP contribution in [-0.4, -0.2) is 48.1 Å². The summed E-state index contributed by atoms with van der Waals surface area (Å²) in [7, 11) is 0. The van der Waals surface area contributed by atoms with Crippen molar-refractivity contribution in [1.82, 2.24) is 25.2 Å². The zero-order valence-corrected chi connectivity index (χ0v) is 23.9. The number of tetrazole rings is 1. The number of nitrogens with zero attached hydrogens (tertiary/aromatic N) is 6. The Bertz CT molecular complexity index is 1750. The van der Waals surface area contributed by atoms with Crippen LogP contribution < -0.4 is 5.32 Å². The number of aliphatic hydroxyl groups excluding tert-OH is 1. The molecule has 1 amide bonds. The van der Waals surface area contributed by atoms with Gasteiger partial charge in [0.2, 0.25) is 6.23 Å². The highest BCUT2D eigenvalue weighted by molar-refractivity contribution is 6.43. The van der Waals surface area contributed by atoms with E-state index in [1.807, 2.05) is 24.3 Å². The molecule has 3 aromatic carbocycles. The molecule has 9 nitrogen and oxygen atoms in total. The van der Waals surface area contributed by atoms with Crippen molar-refractivity contribution >= 4 is 63.7 Å². The van der Waals surface area contributed by atoms with Gasteiger partial charge in [0.25, 0.3) is 5.91 Å². The highest BCUT2D eigenvalue weighted by Gasteiger charge is 2.25. The van der Waals surface area contributed by atoms with Crippen molar-refractivity contribution in [2.24, 2.45) is 4.99 Å². The standard InChI is InChI=1S/C15H10Cl2N2O2.C13H9Cl2N5/c16-8-5-6-12-10(7-8)13(19-15(21)14(20)18-12)9-3-1-2-4-11(9)17;14-11-5-1-4-10(12(11)15)13-17-18-19-20(13)8-9-3-2-6-16-7-9/h1-7,15,21H,(H,18,20);1-7H,8H2. The number of nitrogens with one attached hydrogen (secondary N) is 1. The summed E-state index contributed by atoms with van der Waals surface area (Å²) in [6, 6.07) is 21.3. The third-order valence-electron chi connectivity index (χ3n) is 5.89. The molecular weight excluding hydrogens is 608 g/mol. The van der Waals surface area contributed by atoms with Crippen molar-refractivity contribution in [3.05, 3.63) is 122 Å². The molecule has 2 N–H and O–H groups in total. The van der Waals surface area contributed by atoms with Crippen LogP contribution in [-0.2, 0) is 11.3 Å². The summed E-state index contributed by atoms with van der Waals surface area (Å²) in [4.78, 5) is 19.9. The first kappa shape index (κ1) is 28.7. The summed E-state index contributed by atoms with van der Waals surface area (Å²) in [5.41, 5.74) is 3.88. The molecule has 1 aliphatic heterocycles. The highest BCUT2D eigenvalue weighted by atomic mass is 35.5. The summed E-state index contributed by atoms with van der Waals surface area (Å²) in [6.45, 7) is 0.513. The summed E-state index contributed by atoms with van der Waals surface area (Å²) in [5, 5.41) is 26.1. The molecule has 1 unspecified atom stereocenters. The monoisotopic (exact) mass is 625 g/mol. The van der Waals surface area contributed by atoms with Gasteiger partial charge in [0.1, 0.15) is 0 Å². The van der Waals surface area contributed by atoms with Crippen LogP contribution in [0.5, 0.6) is 0 Å².